The Labute approximate surface area is 205 Å². The van der Waals surface area contributed by atoms with Gasteiger partial charge in [0.25, 0.3) is 0 Å². The highest BCUT2D eigenvalue weighted by Gasteiger charge is 2.38. The molecule has 0 N–H and O–H groups in total. The molecule has 1 aromatic heterocycles. The number of hydrogen-bond acceptors (Lipinski definition) is 7. The minimum Gasteiger partial charge on any atom is -0.354 e. The average Bonchev–Trinajstić information content (AvgIpc) is 3.25. The molecule has 1 atom stereocenters. The molecule has 3 aliphatic heterocycles. The number of aryl methyl sites for hydroxylation is 1. The fourth-order valence-corrected chi connectivity index (χ4v) is 5.00. The normalized spacial score (nSPS) is 21.7. The van der Waals surface area contributed by atoms with Crippen molar-refractivity contribution < 1.29 is 14.0 Å². The number of aromatic nitrogens is 2. The molecule has 0 spiro atoms. The van der Waals surface area contributed by atoms with Crippen LogP contribution >= 0.6 is 0 Å². The predicted molar refractivity (Wildman–Crippen MR) is 132 cm³/mol. The zero-order chi connectivity index (χ0) is 24.5. The van der Waals surface area contributed by atoms with E-state index in [4.69, 9.17) is 4.98 Å². The van der Waals surface area contributed by atoms with E-state index >= 15 is 0 Å². The molecule has 186 valence electrons. The summed E-state index contributed by atoms with van der Waals surface area (Å²) in [5.74, 6) is 0.857. The van der Waals surface area contributed by atoms with Crippen molar-refractivity contribution in [3.8, 4) is 0 Å². The molecular weight excluding hydrogens is 449 g/mol. The predicted octanol–water partition coefficient (Wildman–Crippen LogP) is 1.38. The molecule has 5 rings (SSSR count). The van der Waals surface area contributed by atoms with Gasteiger partial charge in [-0.3, -0.25) is 9.59 Å². The first-order valence-corrected chi connectivity index (χ1v) is 12.3. The topological polar surface area (TPSA) is 76.1 Å². The van der Waals surface area contributed by atoms with Gasteiger partial charge in [-0.05, 0) is 38.2 Å². The maximum Gasteiger partial charge on any atom is 0.228 e. The first-order chi connectivity index (χ1) is 16.9. The van der Waals surface area contributed by atoms with E-state index in [1.54, 1.807) is 17.0 Å². The highest BCUT2D eigenvalue weighted by molar-refractivity contribution is 6.00. The Morgan fingerprint density at radius 2 is 1.60 bits per heavy atom. The molecule has 0 bridgehead atoms. The van der Waals surface area contributed by atoms with Crippen LogP contribution in [-0.2, 0) is 9.59 Å². The van der Waals surface area contributed by atoms with Crippen molar-refractivity contribution in [1.82, 2.24) is 19.8 Å². The highest BCUT2D eigenvalue weighted by Crippen LogP contribution is 2.27. The minimum atomic E-state index is -0.377. The number of rotatable bonds is 4. The Bertz CT molecular complexity index is 1080. The van der Waals surface area contributed by atoms with Gasteiger partial charge in [-0.1, -0.05) is 0 Å². The second-order valence-electron chi connectivity index (χ2n) is 9.65. The van der Waals surface area contributed by atoms with E-state index in [1.165, 1.54) is 12.1 Å². The lowest BCUT2D eigenvalue weighted by Crippen LogP contribution is -2.51. The van der Waals surface area contributed by atoms with E-state index in [2.05, 4.69) is 26.7 Å². The van der Waals surface area contributed by atoms with Gasteiger partial charge in [0.2, 0.25) is 17.8 Å². The zero-order valence-corrected chi connectivity index (χ0v) is 20.4. The van der Waals surface area contributed by atoms with Crippen LogP contribution in [0.5, 0.6) is 0 Å². The van der Waals surface area contributed by atoms with Gasteiger partial charge >= 0.3 is 0 Å². The van der Waals surface area contributed by atoms with Crippen LogP contribution in [0.15, 0.2) is 30.3 Å². The molecule has 1 unspecified atom stereocenters. The van der Waals surface area contributed by atoms with Gasteiger partial charge in [0, 0.05) is 82.8 Å². The largest absolute Gasteiger partial charge is 0.354 e. The smallest absolute Gasteiger partial charge is 0.228 e. The molecule has 3 fully saturated rings. The maximum absolute atomic E-state index is 13.2. The summed E-state index contributed by atoms with van der Waals surface area (Å²) in [6.07, 6.45) is 0.186. The SMILES string of the molecule is Cc1cc(N2CCN(C)CC2)nc(N2CCN(C(=O)C3CC(=O)N(c4ccc(F)cc4)C3)CC2)n1. The van der Waals surface area contributed by atoms with Gasteiger partial charge < -0.3 is 24.5 Å². The van der Waals surface area contributed by atoms with Crippen molar-refractivity contribution in [2.45, 2.75) is 13.3 Å². The van der Waals surface area contributed by atoms with Crippen LogP contribution in [0.3, 0.4) is 0 Å². The summed E-state index contributed by atoms with van der Waals surface area (Å²) in [6, 6.07) is 7.87. The number of likely N-dealkylation sites (N-methyl/N-ethyl adjacent to an activating group) is 1. The van der Waals surface area contributed by atoms with Gasteiger partial charge in [0.05, 0.1) is 5.92 Å². The van der Waals surface area contributed by atoms with Crippen LogP contribution in [0.1, 0.15) is 12.1 Å². The number of carbonyl (C=O) groups excluding carboxylic acids is 2. The number of amides is 2. The van der Waals surface area contributed by atoms with E-state index in [9.17, 15) is 14.0 Å². The van der Waals surface area contributed by atoms with Crippen LogP contribution in [0.25, 0.3) is 0 Å². The summed E-state index contributed by atoms with van der Waals surface area (Å²) in [4.78, 5) is 45.4. The molecule has 2 aromatic rings. The maximum atomic E-state index is 13.2. The Morgan fingerprint density at radius 1 is 0.943 bits per heavy atom. The minimum absolute atomic E-state index is 0.00546. The first-order valence-electron chi connectivity index (χ1n) is 12.3. The quantitative estimate of drug-likeness (QED) is 0.653. The fraction of sp³-hybridized carbons (Fsp3) is 0.520. The van der Waals surface area contributed by atoms with Crippen molar-refractivity contribution in [3.63, 3.8) is 0 Å². The Kier molecular flexibility index (Phi) is 6.55. The van der Waals surface area contributed by atoms with Crippen molar-refractivity contribution in [3.05, 3.63) is 41.8 Å². The van der Waals surface area contributed by atoms with Gasteiger partial charge in [0.1, 0.15) is 11.6 Å². The molecule has 9 nitrogen and oxygen atoms in total. The molecule has 1 aromatic carbocycles. The molecule has 0 saturated carbocycles. The van der Waals surface area contributed by atoms with Crippen LogP contribution < -0.4 is 14.7 Å². The number of halogens is 1. The van der Waals surface area contributed by atoms with E-state index in [1.807, 2.05) is 17.9 Å². The summed E-state index contributed by atoms with van der Waals surface area (Å²) in [5, 5.41) is 0. The van der Waals surface area contributed by atoms with Crippen molar-refractivity contribution in [2.75, 3.05) is 80.7 Å². The van der Waals surface area contributed by atoms with Crippen LogP contribution in [0, 0.1) is 18.7 Å². The summed E-state index contributed by atoms with van der Waals surface area (Å²) in [7, 11) is 2.14. The standard InChI is InChI=1S/C25H32FN7O2/c1-18-15-22(30-9-7-29(2)8-10-30)28-25(27-18)32-13-11-31(12-14-32)24(35)19-16-23(34)33(17-19)21-5-3-20(26)4-6-21/h3-6,15,19H,7-14,16-17H2,1-2H3. The Balaban J connectivity index is 1.19. The lowest BCUT2D eigenvalue weighted by atomic mass is 10.1. The molecular formula is C25H32FN7O2. The first kappa shape index (κ1) is 23.5. The van der Waals surface area contributed by atoms with E-state index in [0.717, 1.165) is 37.7 Å². The molecule has 35 heavy (non-hydrogen) atoms. The third kappa shape index (κ3) is 5.07. The molecule has 0 radical (unpaired) electrons. The lowest BCUT2D eigenvalue weighted by Gasteiger charge is -2.37. The van der Waals surface area contributed by atoms with Crippen molar-refractivity contribution in [1.29, 1.82) is 0 Å². The summed E-state index contributed by atoms with van der Waals surface area (Å²) in [6.45, 7) is 8.70. The fourth-order valence-electron chi connectivity index (χ4n) is 5.00. The summed E-state index contributed by atoms with van der Waals surface area (Å²) >= 11 is 0. The number of carbonyl (C=O) groups is 2. The van der Waals surface area contributed by atoms with E-state index in [-0.39, 0.29) is 30.0 Å². The average molecular weight is 482 g/mol. The lowest BCUT2D eigenvalue weighted by molar-refractivity contribution is -0.136. The molecule has 3 aliphatic rings. The van der Waals surface area contributed by atoms with E-state index in [0.29, 0.717) is 44.4 Å². The third-order valence-electron chi connectivity index (χ3n) is 7.14. The Hall–Kier alpha value is -3.27. The van der Waals surface area contributed by atoms with Gasteiger partial charge in [-0.15, -0.1) is 0 Å². The van der Waals surface area contributed by atoms with Gasteiger partial charge in [-0.25, -0.2) is 9.37 Å². The summed E-state index contributed by atoms with van der Waals surface area (Å²) in [5.41, 5.74) is 1.57. The van der Waals surface area contributed by atoms with Gasteiger partial charge in [-0.2, -0.15) is 4.98 Å². The highest BCUT2D eigenvalue weighted by atomic mass is 19.1. The number of nitrogens with zero attached hydrogens (tertiary/aromatic N) is 7. The number of hydrogen-bond donors (Lipinski definition) is 0. The number of anilines is 3. The number of benzene rings is 1. The molecule has 3 saturated heterocycles. The van der Waals surface area contributed by atoms with Crippen LogP contribution in [-0.4, -0.2) is 97.5 Å². The zero-order valence-electron chi connectivity index (χ0n) is 20.4. The molecule has 10 heteroatoms. The van der Waals surface area contributed by atoms with Crippen molar-refractivity contribution >= 4 is 29.3 Å². The molecule has 2 amide bonds. The second kappa shape index (κ2) is 9.77. The molecule has 4 heterocycles. The second-order valence-corrected chi connectivity index (χ2v) is 9.65. The third-order valence-corrected chi connectivity index (χ3v) is 7.14. The number of piperazine rings is 2. The van der Waals surface area contributed by atoms with Crippen LogP contribution in [0.4, 0.5) is 21.8 Å². The molecule has 0 aliphatic carbocycles. The monoisotopic (exact) mass is 481 g/mol. The van der Waals surface area contributed by atoms with Crippen molar-refractivity contribution in [2.24, 2.45) is 5.92 Å². The Morgan fingerprint density at radius 3 is 2.29 bits per heavy atom. The van der Waals surface area contributed by atoms with Gasteiger partial charge in [0.15, 0.2) is 0 Å². The van der Waals surface area contributed by atoms with E-state index < -0.39 is 0 Å². The van der Waals surface area contributed by atoms with Crippen LogP contribution in [0.2, 0.25) is 0 Å². The summed E-state index contributed by atoms with van der Waals surface area (Å²) < 4.78 is 13.2.